The number of benzene rings is 3. The molecule has 0 radical (unpaired) electrons. The summed E-state index contributed by atoms with van der Waals surface area (Å²) in [6, 6.07) is 18.6. The number of sulfonamides is 1. The first-order valence-electron chi connectivity index (χ1n) is 11.7. The molecule has 0 saturated heterocycles. The molecule has 9 heteroatoms. The van der Waals surface area contributed by atoms with Crippen molar-refractivity contribution in [3.63, 3.8) is 0 Å². The number of hydrogen-bond acceptors (Lipinski definition) is 5. The quantitative estimate of drug-likeness (QED) is 0.306. The summed E-state index contributed by atoms with van der Waals surface area (Å²) in [5.74, 6) is 0.0910. The molecular weight excluding hydrogens is 494 g/mol. The molecule has 0 heterocycles. The third-order valence-electron chi connectivity index (χ3n) is 5.28. The average molecular weight is 526 g/mol. The fourth-order valence-corrected chi connectivity index (χ4v) is 4.99. The van der Waals surface area contributed by atoms with Crippen molar-refractivity contribution in [2.45, 2.75) is 51.5 Å². The molecule has 1 atom stereocenters. The van der Waals surface area contributed by atoms with Crippen LogP contribution >= 0.6 is 12.2 Å². The van der Waals surface area contributed by atoms with Gasteiger partial charge in [0, 0.05) is 11.4 Å². The van der Waals surface area contributed by atoms with Gasteiger partial charge in [0.15, 0.2) is 5.11 Å². The predicted octanol–water partition coefficient (Wildman–Crippen LogP) is 5.80. The molecule has 3 rings (SSSR count). The van der Waals surface area contributed by atoms with Gasteiger partial charge in [0.1, 0.15) is 5.75 Å². The first kappa shape index (κ1) is 27.2. The fraction of sp³-hybridized carbons (Fsp3) is 0.259. The zero-order valence-electron chi connectivity index (χ0n) is 20.8. The number of amides is 1. The van der Waals surface area contributed by atoms with Gasteiger partial charge in [-0.25, -0.2) is 8.42 Å². The smallest absolute Gasteiger partial charge is 0.261 e. The average Bonchev–Trinajstić information content (AvgIpc) is 2.78. The topological polar surface area (TPSA) is 96.5 Å². The van der Waals surface area contributed by atoms with E-state index >= 15 is 0 Å². The van der Waals surface area contributed by atoms with E-state index in [1.807, 2.05) is 32.9 Å². The number of carbonyl (C=O) groups excluding carboxylic acids is 1. The minimum absolute atomic E-state index is 0.0201. The highest BCUT2D eigenvalue weighted by molar-refractivity contribution is 7.92. The summed E-state index contributed by atoms with van der Waals surface area (Å²) in [5.41, 5.74) is 3.35. The lowest BCUT2D eigenvalue weighted by atomic mass is 10.1. The Labute approximate surface area is 218 Å². The van der Waals surface area contributed by atoms with Crippen molar-refractivity contribution in [2.75, 3.05) is 10.0 Å². The van der Waals surface area contributed by atoms with Crippen LogP contribution < -0.4 is 20.1 Å². The molecule has 0 aromatic heterocycles. The van der Waals surface area contributed by atoms with Gasteiger partial charge in [-0.3, -0.25) is 14.8 Å². The van der Waals surface area contributed by atoms with Crippen molar-refractivity contribution in [1.82, 2.24) is 5.32 Å². The van der Waals surface area contributed by atoms with Gasteiger partial charge in [-0.2, -0.15) is 0 Å². The summed E-state index contributed by atoms with van der Waals surface area (Å²) in [6.07, 6.45) is 1.83. The van der Waals surface area contributed by atoms with Crippen LogP contribution in [0, 0.1) is 13.8 Å². The number of para-hydroxylation sites is 1. The summed E-state index contributed by atoms with van der Waals surface area (Å²) < 4.78 is 34.1. The molecule has 0 fully saturated rings. The van der Waals surface area contributed by atoms with Gasteiger partial charge in [0.05, 0.1) is 16.6 Å². The van der Waals surface area contributed by atoms with Crippen LogP contribution in [-0.2, 0) is 10.0 Å². The van der Waals surface area contributed by atoms with Crippen LogP contribution in [0.4, 0.5) is 11.4 Å². The molecule has 36 heavy (non-hydrogen) atoms. The number of aryl methyl sites for hydroxylation is 2. The van der Waals surface area contributed by atoms with Gasteiger partial charge in [-0.05, 0) is 99.1 Å². The molecule has 3 N–H and O–H groups in total. The summed E-state index contributed by atoms with van der Waals surface area (Å²) in [6.45, 7) is 7.86. The molecule has 0 aliphatic carbocycles. The minimum Gasteiger partial charge on any atom is -0.490 e. The fourth-order valence-electron chi connectivity index (χ4n) is 3.74. The van der Waals surface area contributed by atoms with E-state index in [4.69, 9.17) is 17.0 Å². The van der Waals surface area contributed by atoms with Gasteiger partial charge >= 0.3 is 0 Å². The van der Waals surface area contributed by atoms with Crippen LogP contribution in [0.15, 0.2) is 71.6 Å². The van der Waals surface area contributed by atoms with E-state index < -0.39 is 15.9 Å². The summed E-state index contributed by atoms with van der Waals surface area (Å²) >= 11 is 5.29. The van der Waals surface area contributed by atoms with Gasteiger partial charge in [0.25, 0.3) is 15.9 Å². The third-order valence-corrected chi connectivity index (χ3v) is 6.88. The molecule has 3 aromatic rings. The molecule has 0 bridgehead atoms. The zero-order chi connectivity index (χ0) is 26.3. The number of rotatable bonds is 9. The lowest BCUT2D eigenvalue weighted by Crippen LogP contribution is -2.34. The highest BCUT2D eigenvalue weighted by Gasteiger charge is 2.17. The van der Waals surface area contributed by atoms with E-state index in [1.165, 1.54) is 12.1 Å². The highest BCUT2D eigenvalue weighted by Crippen LogP contribution is 2.22. The molecule has 3 aromatic carbocycles. The van der Waals surface area contributed by atoms with Crippen LogP contribution in [0.5, 0.6) is 5.75 Å². The van der Waals surface area contributed by atoms with Crippen LogP contribution in [-0.4, -0.2) is 25.5 Å². The first-order chi connectivity index (χ1) is 17.1. The maximum Gasteiger partial charge on any atom is 0.261 e. The largest absolute Gasteiger partial charge is 0.490 e. The van der Waals surface area contributed by atoms with Crippen molar-refractivity contribution in [2.24, 2.45) is 0 Å². The normalized spacial score (nSPS) is 11.9. The second kappa shape index (κ2) is 12.0. The molecule has 0 saturated carbocycles. The molecule has 0 aliphatic rings. The monoisotopic (exact) mass is 525 g/mol. The predicted molar refractivity (Wildman–Crippen MR) is 148 cm³/mol. The number of thiocarbonyl (C=S) groups is 1. The first-order valence-corrected chi connectivity index (χ1v) is 13.6. The molecule has 0 spiro atoms. The van der Waals surface area contributed by atoms with E-state index in [2.05, 4.69) is 22.3 Å². The van der Waals surface area contributed by atoms with E-state index in [0.29, 0.717) is 22.7 Å². The Hall–Kier alpha value is -3.43. The van der Waals surface area contributed by atoms with Crippen molar-refractivity contribution in [3.05, 3.63) is 83.4 Å². The SMILES string of the molecule is CCCC(C)Oc1ccccc1C(=O)NC(=S)Nc1ccc(S(=O)(=O)Nc2cc(C)cc(C)c2)cc1. The van der Waals surface area contributed by atoms with Crippen molar-refractivity contribution in [3.8, 4) is 5.75 Å². The van der Waals surface area contributed by atoms with E-state index in [-0.39, 0.29) is 16.1 Å². The molecule has 0 aliphatic heterocycles. The van der Waals surface area contributed by atoms with E-state index in [1.54, 1.807) is 42.5 Å². The van der Waals surface area contributed by atoms with Gasteiger partial charge in [-0.15, -0.1) is 0 Å². The number of carbonyl (C=O) groups is 1. The Balaban J connectivity index is 1.64. The number of anilines is 2. The molecular formula is C27H31N3O4S2. The summed E-state index contributed by atoms with van der Waals surface area (Å²) in [4.78, 5) is 12.9. The Morgan fingerprint density at radius 1 is 0.972 bits per heavy atom. The maximum atomic E-state index is 12.8. The second-order valence-corrected chi connectivity index (χ2v) is 10.7. The van der Waals surface area contributed by atoms with Crippen LogP contribution in [0.2, 0.25) is 0 Å². The van der Waals surface area contributed by atoms with Crippen molar-refractivity contribution >= 4 is 44.6 Å². The van der Waals surface area contributed by atoms with Crippen molar-refractivity contribution < 1.29 is 17.9 Å². The minimum atomic E-state index is -3.76. The summed E-state index contributed by atoms with van der Waals surface area (Å²) in [7, 11) is -3.76. The number of hydrogen-bond donors (Lipinski definition) is 3. The number of nitrogens with one attached hydrogen (secondary N) is 3. The standard InChI is InChI=1S/C27H31N3O4S2/c1-5-8-20(4)34-25-10-7-6-9-24(25)26(31)29-27(35)28-21-11-13-23(14-12-21)36(32,33)30-22-16-18(2)15-19(3)17-22/h6-7,9-17,20,30H,5,8H2,1-4H3,(H2,28,29,31,35). The maximum absolute atomic E-state index is 12.8. The Morgan fingerprint density at radius 2 is 1.61 bits per heavy atom. The van der Waals surface area contributed by atoms with Gasteiger partial charge in [-0.1, -0.05) is 31.5 Å². The van der Waals surface area contributed by atoms with E-state index in [0.717, 1.165) is 24.0 Å². The van der Waals surface area contributed by atoms with E-state index in [9.17, 15) is 13.2 Å². The number of ether oxygens (including phenoxy) is 1. The lowest BCUT2D eigenvalue weighted by molar-refractivity contribution is 0.0970. The molecule has 190 valence electrons. The Kier molecular flexibility index (Phi) is 9.06. The van der Waals surface area contributed by atoms with Gasteiger partial charge < -0.3 is 10.1 Å². The highest BCUT2D eigenvalue weighted by atomic mass is 32.2. The lowest BCUT2D eigenvalue weighted by Gasteiger charge is -2.17. The van der Waals surface area contributed by atoms with Crippen molar-refractivity contribution in [1.29, 1.82) is 0 Å². The molecule has 1 amide bonds. The second-order valence-electron chi connectivity index (χ2n) is 8.63. The van der Waals surface area contributed by atoms with Crippen LogP contribution in [0.1, 0.15) is 48.2 Å². The Bertz CT molecular complexity index is 1320. The van der Waals surface area contributed by atoms with Gasteiger partial charge in [0.2, 0.25) is 0 Å². The zero-order valence-corrected chi connectivity index (χ0v) is 22.4. The third kappa shape index (κ3) is 7.53. The Morgan fingerprint density at radius 3 is 2.25 bits per heavy atom. The van der Waals surface area contributed by atoms with Crippen LogP contribution in [0.25, 0.3) is 0 Å². The molecule has 1 unspecified atom stereocenters. The van der Waals surface area contributed by atoms with Crippen LogP contribution in [0.3, 0.4) is 0 Å². The molecule has 7 nitrogen and oxygen atoms in total. The summed E-state index contributed by atoms with van der Waals surface area (Å²) in [5, 5.41) is 5.64.